The summed E-state index contributed by atoms with van der Waals surface area (Å²) in [7, 11) is -2.72. The fraction of sp³-hybridized carbons (Fsp3) is 0.214. The Balaban J connectivity index is 1.83. The first-order chi connectivity index (χ1) is 16.3. The summed E-state index contributed by atoms with van der Waals surface area (Å²) in [6, 6.07) is 26.9. The van der Waals surface area contributed by atoms with Crippen molar-refractivity contribution < 1.29 is 4.43 Å². The molecular weight excluding hydrogens is 479 g/mol. The summed E-state index contributed by atoms with van der Waals surface area (Å²) in [4.78, 5) is 3.19. The average Bonchev–Trinajstić information content (AvgIpc) is 3.30. The monoisotopic (exact) mass is 508 g/mol. The number of nitrogens with one attached hydrogen (secondary N) is 1. The highest BCUT2D eigenvalue weighted by Gasteiger charge is 2.50. The molecule has 0 spiro atoms. The van der Waals surface area contributed by atoms with Crippen molar-refractivity contribution in [1.29, 1.82) is 0 Å². The van der Waals surface area contributed by atoms with Crippen LogP contribution in [-0.4, -0.2) is 13.3 Å². The molecule has 34 heavy (non-hydrogen) atoms. The Morgan fingerprint density at radius 2 is 1.41 bits per heavy atom. The molecule has 0 amide bonds. The molecule has 0 bridgehead atoms. The van der Waals surface area contributed by atoms with E-state index >= 15 is 0 Å². The number of H-pyrrole nitrogens is 1. The molecule has 0 aliphatic heterocycles. The Morgan fingerprint density at radius 3 is 1.94 bits per heavy atom. The molecule has 4 rings (SSSR count). The van der Waals surface area contributed by atoms with E-state index < -0.39 is 8.32 Å². The van der Waals surface area contributed by atoms with Gasteiger partial charge in [-0.25, -0.2) is 0 Å². The van der Waals surface area contributed by atoms with Gasteiger partial charge in [0.2, 0.25) is 0 Å². The number of rotatable bonds is 7. The standard InChI is InChI=1S/C28H30Cl2N2OSi/c1-28(2,3)34(20-10-6-4-7-11-20,21-12-8-5-9-13-21)33-19-24-25(29)15-14-23(27(24)30)22-16-17-32-26(22)18-31/h4-17,32H,18-19,31H2,1-3H3. The van der Waals surface area contributed by atoms with Crippen molar-refractivity contribution in [3.63, 3.8) is 0 Å². The molecule has 0 saturated heterocycles. The van der Waals surface area contributed by atoms with Crippen molar-refractivity contribution in [2.24, 2.45) is 5.73 Å². The van der Waals surface area contributed by atoms with Crippen molar-refractivity contribution in [2.75, 3.05) is 0 Å². The first-order valence-corrected chi connectivity index (χ1v) is 14.0. The molecule has 6 heteroatoms. The van der Waals surface area contributed by atoms with Gasteiger partial charge in [0.1, 0.15) is 0 Å². The van der Waals surface area contributed by atoms with Gasteiger partial charge in [-0.2, -0.15) is 0 Å². The molecule has 3 aromatic carbocycles. The van der Waals surface area contributed by atoms with Gasteiger partial charge in [-0.3, -0.25) is 0 Å². The van der Waals surface area contributed by atoms with Gasteiger partial charge in [-0.1, -0.05) is 111 Å². The normalized spacial score (nSPS) is 12.2. The zero-order valence-corrected chi connectivity index (χ0v) is 22.3. The second-order valence-electron chi connectivity index (χ2n) is 9.41. The Morgan fingerprint density at radius 1 is 0.824 bits per heavy atom. The minimum Gasteiger partial charge on any atom is -0.403 e. The van der Waals surface area contributed by atoms with Gasteiger partial charge in [0.15, 0.2) is 0 Å². The molecule has 0 fully saturated rings. The lowest BCUT2D eigenvalue weighted by atomic mass is 10.0. The second kappa shape index (κ2) is 10.1. The maximum absolute atomic E-state index is 7.08. The lowest BCUT2D eigenvalue weighted by molar-refractivity contribution is 0.286. The van der Waals surface area contributed by atoms with Crippen LogP contribution >= 0.6 is 23.2 Å². The molecule has 0 unspecified atom stereocenters. The highest BCUT2D eigenvalue weighted by Crippen LogP contribution is 2.40. The number of hydrogen-bond acceptors (Lipinski definition) is 2. The molecule has 3 nitrogen and oxygen atoms in total. The van der Waals surface area contributed by atoms with E-state index in [4.69, 9.17) is 33.4 Å². The highest BCUT2D eigenvalue weighted by molar-refractivity contribution is 6.99. The van der Waals surface area contributed by atoms with E-state index in [1.165, 1.54) is 10.4 Å². The van der Waals surface area contributed by atoms with Gasteiger partial charge in [0, 0.05) is 40.1 Å². The first kappa shape index (κ1) is 24.8. The van der Waals surface area contributed by atoms with Crippen LogP contribution in [0.5, 0.6) is 0 Å². The van der Waals surface area contributed by atoms with Crippen molar-refractivity contribution in [3.8, 4) is 11.1 Å². The van der Waals surface area contributed by atoms with Crippen LogP contribution < -0.4 is 16.1 Å². The predicted octanol–water partition coefficient (Wildman–Crippen LogP) is 6.52. The molecule has 0 aliphatic rings. The van der Waals surface area contributed by atoms with E-state index in [2.05, 4.69) is 74.3 Å². The molecule has 3 N–H and O–H groups in total. The zero-order chi connectivity index (χ0) is 24.3. The van der Waals surface area contributed by atoms with Crippen LogP contribution in [0.3, 0.4) is 0 Å². The van der Waals surface area contributed by atoms with Gasteiger partial charge < -0.3 is 15.1 Å². The number of benzene rings is 3. The summed E-state index contributed by atoms with van der Waals surface area (Å²) >= 11 is 13.7. The Hall–Kier alpha value is -2.34. The molecule has 0 saturated carbocycles. The summed E-state index contributed by atoms with van der Waals surface area (Å²) < 4.78 is 7.08. The quantitative estimate of drug-likeness (QED) is 0.279. The third kappa shape index (κ3) is 4.49. The van der Waals surface area contributed by atoms with E-state index in [1.54, 1.807) is 0 Å². The van der Waals surface area contributed by atoms with Crippen LogP contribution in [-0.2, 0) is 17.6 Å². The largest absolute Gasteiger partial charge is 0.403 e. The summed E-state index contributed by atoms with van der Waals surface area (Å²) in [5.74, 6) is 0. The van der Waals surface area contributed by atoms with Crippen LogP contribution in [0, 0.1) is 0 Å². The molecule has 0 aliphatic carbocycles. The molecular formula is C28H30Cl2N2OSi. The molecule has 0 radical (unpaired) electrons. The fourth-order valence-corrected chi connectivity index (χ4v) is 9.80. The van der Waals surface area contributed by atoms with E-state index in [9.17, 15) is 0 Å². The maximum atomic E-state index is 7.08. The zero-order valence-electron chi connectivity index (χ0n) is 19.7. The van der Waals surface area contributed by atoms with Gasteiger partial charge in [-0.05, 0) is 27.5 Å². The minimum atomic E-state index is -2.72. The number of nitrogens with two attached hydrogens (primary N) is 1. The van der Waals surface area contributed by atoms with Crippen LogP contribution in [0.4, 0.5) is 0 Å². The Labute approximate surface area is 213 Å². The Kier molecular flexibility index (Phi) is 7.36. The number of aromatic amines is 1. The van der Waals surface area contributed by atoms with E-state index in [-0.39, 0.29) is 5.04 Å². The first-order valence-electron chi connectivity index (χ1n) is 11.4. The van der Waals surface area contributed by atoms with Gasteiger partial charge >= 0.3 is 0 Å². The molecule has 176 valence electrons. The molecule has 0 atom stereocenters. The minimum absolute atomic E-state index is 0.139. The average molecular weight is 510 g/mol. The molecule has 4 aromatic rings. The van der Waals surface area contributed by atoms with Crippen LogP contribution in [0.1, 0.15) is 32.0 Å². The van der Waals surface area contributed by atoms with E-state index in [1.807, 2.05) is 36.5 Å². The summed E-state index contributed by atoms with van der Waals surface area (Å²) in [6.07, 6.45) is 1.88. The van der Waals surface area contributed by atoms with E-state index in [0.717, 1.165) is 22.4 Å². The van der Waals surface area contributed by atoms with Gasteiger partial charge in [-0.15, -0.1) is 0 Å². The molecule has 1 aromatic heterocycles. The molecule has 1 heterocycles. The number of aromatic nitrogens is 1. The summed E-state index contributed by atoms with van der Waals surface area (Å²) in [5.41, 5.74) is 9.53. The lowest BCUT2D eigenvalue weighted by Gasteiger charge is -2.43. The van der Waals surface area contributed by atoms with Crippen molar-refractivity contribution >= 4 is 41.9 Å². The lowest BCUT2D eigenvalue weighted by Crippen LogP contribution is -2.66. The summed E-state index contributed by atoms with van der Waals surface area (Å²) in [6.45, 7) is 7.47. The number of halogens is 2. The SMILES string of the molecule is CC(C)(C)[Si](OCc1c(Cl)ccc(-c2cc[nH]c2CN)c1Cl)(c1ccccc1)c1ccccc1. The fourth-order valence-electron chi connectivity index (χ4n) is 4.71. The third-order valence-corrected chi connectivity index (χ3v) is 12.1. The van der Waals surface area contributed by atoms with Crippen molar-refractivity contribution in [2.45, 2.75) is 39.0 Å². The smallest absolute Gasteiger partial charge is 0.261 e. The maximum Gasteiger partial charge on any atom is 0.261 e. The predicted molar refractivity (Wildman–Crippen MR) is 147 cm³/mol. The van der Waals surface area contributed by atoms with Crippen molar-refractivity contribution in [3.05, 3.63) is 106 Å². The van der Waals surface area contributed by atoms with Crippen LogP contribution in [0.2, 0.25) is 15.1 Å². The topological polar surface area (TPSA) is 51.0 Å². The second-order valence-corrected chi connectivity index (χ2v) is 14.5. The van der Waals surface area contributed by atoms with Crippen molar-refractivity contribution in [1.82, 2.24) is 4.98 Å². The van der Waals surface area contributed by atoms with Gasteiger partial charge in [0.25, 0.3) is 8.32 Å². The van der Waals surface area contributed by atoms with E-state index in [0.29, 0.717) is 23.2 Å². The summed E-state index contributed by atoms with van der Waals surface area (Å²) in [5, 5.41) is 3.48. The van der Waals surface area contributed by atoms with Crippen LogP contribution in [0.15, 0.2) is 85.1 Å². The van der Waals surface area contributed by atoms with Crippen LogP contribution in [0.25, 0.3) is 11.1 Å². The highest BCUT2D eigenvalue weighted by atomic mass is 35.5. The number of hydrogen-bond donors (Lipinski definition) is 2. The Bertz CT molecular complexity index is 1210. The third-order valence-electron chi connectivity index (χ3n) is 6.36. The van der Waals surface area contributed by atoms with Gasteiger partial charge in [0.05, 0.1) is 11.6 Å².